The zero-order valence-electron chi connectivity index (χ0n) is 11.4. The summed E-state index contributed by atoms with van der Waals surface area (Å²) < 4.78 is 5.72. The van der Waals surface area contributed by atoms with Crippen molar-refractivity contribution < 1.29 is 4.74 Å². The van der Waals surface area contributed by atoms with Crippen molar-refractivity contribution in [1.29, 1.82) is 0 Å². The molecule has 0 saturated carbocycles. The summed E-state index contributed by atoms with van der Waals surface area (Å²) in [5.74, 6) is 1.63. The summed E-state index contributed by atoms with van der Waals surface area (Å²) in [6.07, 6.45) is 5.56. The lowest BCUT2D eigenvalue weighted by atomic mass is 9.94. The normalized spacial score (nSPS) is 38.5. The second-order valence-electron chi connectivity index (χ2n) is 5.81. The zero-order chi connectivity index (χ0) is 12.1. The first-order chi connectivity index (χ1) is 8.29. The van der Waals surface area contributed by atoms with Gasteiger partial charge in [0.1, 0.15) is 0 Å². The lowest BCUT2D eigenvalue weighted by molar-refractivity contribution is 0.0870. The lowest BCUT2D eigenvalue weighted by Crippen LogP contribution is -2.45. The van der Waals surface area contributed by atoms with Gasteiger partial charge in [-0.3, -0.25) is 0 Å². The molecule has 2 rings (SSSR count). The number of rotatable bonds is 5. The highest BCUT2D eigenvalue weighted by atomic mass is 16.5. The molecule has 2 saturated heterocycles. The van der Waals surface area contributed by atoms with Gasteiger partial charge in [0, 0.05) is 25.7 Å². The molecule has 100 valence electrons. The fraction of sp³-hybridized carbons (Fsp3) is 1.00. The average Bonchev–Trinajstić information content (AvgIpc) is 2.77. The van der Waals surface area contributed by atoms with Crippen molar-refractivity contribution in [3.05, 3.63) is 0 Å². The van der Waals surface area contributed by atoms with Gasteiger partial charge in [0.05, 0.1) is 6.10 Å². The summed E-state index contributed by atoms with van der Waals surface area (Å²) in [7, 11) is 0. The fourth-order valence-electron chi connectivity index (χ4n) is 3.20. The molecule has 0 aromatic carbocycles. The number of hydrogen-bond acceptors (Lipinski definition) is 3. The molecule has 2 aliphatic heterocycles. The van der Waals surface area contributed by atoms with Crippen molar-refractivity contribution in [2.24, 2.45) is 11.8 Å². The van der Waals surface area contributed by atoms with Crippen LogP contribution in [-0.4, -0.2) is 38.4 Å². The van der Waals surface area contributed by atoms with Crippen molar-refractivity contribution in [3.63, 3.8) is 0 Å². The predicted molar refractivity (Wildman–Crippen MR) is 71.2 cm³/mol. The first-order valence-corrected chi connectivity index (χ1v) is 7.35. The molecule has 4 atom stereocenters. The molecule has 2 fully saturated rings. The first kappa shape index (κ1) is 13.3. The van der Waals surface area contributed by atoms with Crippen LogP contribution in [0.4, 0.5) is 0 Å². The van der Waals surface area contributed by atoms with E-state index in [1.807, 2.05) is 0 Å². The van der Waals surface area contributed by atoms with E-state index in [1.54, 1.807) is 0 Å². The minimum absolute atomic E-state index is 0.501. The molecule has 0 aromatic heterocycles. The van der Waals surface area contributed by atoms with E-state index in [4.69, 9.17) is 4.74 Å². The van der Waals surface area contributed by atoms with Crippen LogP contribution in [0.5, 0.6) is 0 Å². The topological polar surface area (TPSA) is 33.3 Å². The van der Waals surface area contributed by atoms with Crippen LogP contribution < -0.4 is 10.6 Å². The monoisotopic (exact) mass is 240 g/mol. The fourth-order valence-corrected chi connectivity index (χ4v) is 3.20. The predicted octanol–water partition coefficient (Wildman–Crippen LogP) is 1.78. The Morgan fingerprint density at radius 2 is 2.18 bits per heavy atom. The zero-order valence-corrected chi connectivity index (χ0v) is 11.4. The maximum Gasteiger partial charge on any atom is 0.0613 e. The van der Waals surface area contributed by atoms with Crippen LogP contribution in [0.15, 0.2) is 0 Å². The SMILES string of the molecule is CCC1OCCC1CNCC1CC(C)CCN1. The molecule has 0 radical (unpaired) electrons. The average molecular weight is 240 g/mol. The Kier molecular flexibility index (Phi) is 5.26. The van der Waals surface area contributed by atoms with Gasteiger partial charge in [-0.2, -0.15) is 0 Å². The van der Waals surface area contributed by atoms with Gasteiger partial charge in [-0.15, -0.1) is 0 Å². The lowest BCUT2D eigenvalue weighted by Gasteiger charge is -2.29. The molecule has 3 nitrogen and oxygen atoms in total. The Morgan fingerprint density at radius 1 is 1.29 bits per heavy atom. The molecule has 2 aliphatic rings. The van der Waals surface area contributed by atoms with Crippen LogP contribution in [0.25, 0.3) is 0 Å². The van der Waals surface area contributed by atoms with Gasteiger partial charge in [0.2, 0.25) is 0 Å². The standard InChI is InChI=1S/C14H28N2O/c1-3-14-12(5-7-17-14)9-15-10-13-8-11(2)4-6-16-13/h11-16H,3-10H2,1-2H3. The minimum Gasteiger partial charge on any atom is -0.378 e. The first-order valence-electron chi connectivity index (χ1n) is 7.35. The Hall–Kier alpha value is -0.120. The second kappa shape index (κ2) is 6.72. The molecule has 17 heavy (non-hydrogen) atoms. The summed E-state index contributed by atoms with van der Waals surface area (Å²) >= 11 is 0. The van der Waals surface area contributed by atoms with Crippen molar-refractivity contribution in [1.82, 2.24) is 10.6 Å². The van der Waals surface area contributed by atoms with E-state index in [0.29, 0.717) is 12.1 Å². The molecule has 0 spiro atoms. The molecule has 0 bridgehead atoms. The molecule has 0 amide bonds. The number of ether oxygens (including phenoxy) is 1. The summed E-state index contributed by atoms with van der Waals surface area (Å²) in [6.45, 7) is 9.00. The third kappa shape index (κ3) is 3.94. The Bertz CT molecular complexity index is 222. The Balaban J connectivity index is 1.62. The quantitative estimate of drug-likeness (QED) is 0.768. The minimum atomic E-state index is 0.501. The van der Waals surface area contributed by atoms with E-state index in [1.165, 1.54) is 25.8 Å². The largest absolute Gasteiger partial charge is 0.378 e. The molecular formula is C14H28N2O. The van der Waals surface area contributed by atoms with Crippen LogP contribution in [0.3, 0.4) is 0 Å². The number of nitrogens with one attached hydrogen (secondary N) is 2. The summed E-state index contributed by atoms with van der Waals surface area (Å²) in [5.41, 5.74) is 0. The van der Waals surface area contributed by atoms with Gasteiger partial charge in [-0.1, -0.05) is 13.8 Å². The highest BCUT2D eigenvalue weighted by Gasteiger charge is 2.26. The van der Waals surface area contributed by atoms with Crippen LogP contribution in [0, 0.1) is 11.8 Å². The Labute approximate surface area is 106 Å². The van der Waals surface area contributed by atoms with Crippen LogP contribution >= 0.6 is 0 Å². The van der Waals surface area contributed by atoms with Crippen molar-refractivity contribution in [3.8, 4) is 0 Å². The van der Waals surface area contributed by atoms with Gasteiger partial charge < -0.3 is 15.4 Å². The smallest absolute Gasteiger partial charge is 0.0613 e. The summed E-state index contributed by atoms with van der Waals surface area (Å²) in [6, 6.07) is 0.682. The molecule has 0 aromatic rings. The molecular weight excluding hydrogens is 212 g/mol. The molecule has 2 N–H and O–H groups in total. The molecule has 2 heterocycles. The van der Waals surface area contributed by atoms with Crippen molar-refractivity contribution in [2.45, 2.75) is 51.7 Å². The van der Waals surface area contributed by atoms with E-state index < -0.39 is 0 Å². The van der Waals surface area contributed by atoms with Crippen LogP contribution in [-0.2, 0) is 4.74 Å². The summed E-state index contributed by atoms with van der Waals surface area (Å²) in [5, 5.41) is 7.25. The maximum absolute atomic E-state index is 5.72. The molecule has 3 heteroatoms. The third-order valence-corrected chi connectivity index (χ3v) is 4.30. The van der Waals surface area contributed by atoms with E-state index in [2.05, 4.69) is 24.5 Å². The Morgan fingerprint density at radius 3 is 2.94 bits per heavy atom. The number of hydrogen-bond donors (Lipinski definition) is 2. The van der Waals surface area contributed by atoms with Crippen LogP contribution in [0.2, 0.25) is 0 Å². The summed E-state index contributed by atoms with van der Waals surface area (Å²) in [4.78, 5) is 0. The van der Waals surface area contributed by atoms with Crippen molar-refractivity contribution in [2.75, 3.05) is 26.2 Å². The van der Waals surface area contributed by atoms with E-state index in [0.717, 1.165) is 38.0 Å². The van der Waals surface area contributed by atoms with Crippen LogP contribution in [0.1, 0.15) is 39.5 Å². The molecule has 0 aliphatic carbocycles. The molecule has 4 unspecified atom stereocenters. The highest BCUT2D eigenvalue weighted by Crippen LogP contribution is 2.22. The highest BCUT2D eigenvalue weighted by molar-refractivity contribution is 4.81. The van der Waals surface area contributed by atoms with Gasteiger partial charge in [-0.25, -0.2) is 0 Å². The van der Waals surface area contributed by atoms with Crippen molar-refractivity contribution >= 4 is 0 Å². The third-order valence-electron chi connectivity index (χ3n) is 4.30. The van der Waals surface area contributed by atoms with Gasteiger partial charge in [0.25, 0.3) is 0 Å². The number of piperidine rings is 1. The van der Waals surface area contributed by atoms with Gasteiger partial charge in [0.15, 0.2) is 0 Å². The van der Waals surface area contributed by atoms with E-state index in [-0.39, 0.29) is 0 Å². The van der Waals surface area contributed by atoms with E-state index >= 15 is 0 Å². The second-order valence-corrected chi connectivity index (χ2v) is 5.81. The maximum atomic E-state index is 5.72. The van der Waals surface area contributed by atoms with Gasteiger partial charge >= 0.3 is 0 Å². The van der Waals surface area contributed by atoms with E-state index in [9.17, 15) is 0 Å². The van der Waals surface area contributed by atoms with Gasteiger partial charge in [-0.05, 0) is 44.1 Å².